The molecule has 0 aromatic heterocycles. The molecule has 1 aromatic rings. The normalized spacial score (nSPS) is 17.9. The number of hydrogen-bond donors (Lipinski definition) is 4. The highest BCUT2D eigenvalue weighted by Gasteiger charge is 2.31. The van der Waals surface area contributed by atoms with E-state index in [1.807, 2.05) is 31.9 Å². The van der Waals surface area contributed by atoms with Crippen LogP contribution in [0, 0.1) is 12.7 Å². The number of anilines is 1. The molecule has 4 N–H and O–H groups in total. The summed E-state index contributed by atoms with van der Waals surface area (Å²) in [6, 6.07) is 4.97. The van der Waals surface area contributed by atoms with Gasteiger partial charge >= 0.3 is 0 Å². The lowest BCUT2D eigenvalue weighted by molar-refractivity contribution is -0.129. The van der Waals surface area contributed by atoms with E-state index in [4.69, 9.17) is 0 Å². The number of likely N-dealkylation sites (N-methyl/N-ethyl adjacent to an activating group) is 1. The van der Waals surface area contributed by atoms with E-state index in [2.05, 4.69) is 10.7 Å². The van der Waals surface area contributed by atoms with Crippen molar-refractivity contribution in [2.75, 3.05) is 18.9 Å². The van der Waals surface area contributed by atoms with E-state index >= 15 is 0 Å². The zero-order valence-electron chi connectivity index (χ0n) is 13.2. The molecule has 7 heteroatoms. The van der Waals surface area contributed by atoms with E-state index in [-0.39, 0.29) is 11.7 Å². The molecule has 2 aliphatic heterocycles. The number of halogens is 1. The van der Waals surface area contributed by atoms with Crippen molar-refractivity contribution in [3.63, 3.8) is 0 Å². The maximum atomic E-state index is 14.1. The minimum absolute atomic E-state index is 0.304. The minimum Gasteiger partial charge on any atom is -0.491 e. The first-order chi connectivity index (χ1) is 10.9. The molecule has 23 heavy (non-hydrogen) atoms. The molecule has 0 unspecified atom stereocenters. The zero-order chi connectivity index (χ0) is 16.7. The van der Waals surface area contributed by atoms with Crippen LogP contribution >= 0.6 is 0 Å². The summed E-state index contributed by atoms with van der Waals surface area (Å²) in [4.78, 5) is 1.82. The molecule has 0 saturated carbocycles. The Labute approximate surface area is 133 Å². The van der Waals surface area contributed by atoms with Crippen molar-refractivity contribution in [1.29, 1.82) is 0 Å². The minimum atomic E-state index is -0.341. The fourth-order valence-electron chi connectivity index (χ4n) is 2.82. The van der Waals surface area contributed by atoms with Gasteiger partial charge in [-0.1, -0.05) is 6.07 Å². The van der Waals surface area contributed by atoms with E-state index in [0.29, 0.717) is 34.4 Å². The number of benzene rings is 1. The lowest BCUT2D eigenvalue weighted by Crippen LogP contribution is -2.41. The molecule has 122 valence electrons. The Kier molecular flexibility index (Phi) is 3.65. The molecule has 3 rings (SSSR count). The van der Waals surface area contributed by atoms with Gasteiger partial charge < -0.3 is 15.3 Å². The van der Waals surface area contributed by atoms with E-state index in [1.54, 1.807) is 12.3 Å². The number of aryl methyl sites for hydroxylation is 1. The average Bonchev–Trinajstić information content (AvgIpc) is 2.48. The monoisotopic (exact) mass is 318 g/mol. The Morgan fingerprint density at radius 1 is 1.30 bits per heavy atom. The summed E-state index contributed by atoms with van der Waals surface area (Å²) in [6.45, 7) is 4.31. The second-order valence-corrected chi connectivity index (χ2v) is 5.79. The third-order valence-electron chi connectivity index (χ3n) is 3.94. The third kappa shape index (κ3) is 2.59. The quantitative estimate of drug-likeness (QED) is 0.672. The van der Waals surface area contributed by atoms with Crippen LogP contribution in [0.5, 0.6) is 0 Å². The Balaban J connectivity index is 2.03. The number of nitrogens with zero attached hydrogens (tertiary/aromatic N) is 2. The second kappa shape index (κ2) is 5.51. The van der Waals surface area contributed by atoms with Crippen LogP contribution in [-0.4, -0.2) is 34.0 Å². The predicted octanol–water partition coefficient (Wildman–Crippen LogP) is 2.59. The fourth-order valence-corrected chi connectivity index (χ4v) is 2.82. The number of hydrazine groups is 1. The highest BCUT2D eigenvalue weighted by molar-refractivity contribution is 5.62. The second-order valence-electron chi connectivity index (χ2n) is 5.79. The average molecular weight is 318 g/mol. The molecule has 0 amide bonds. The van der Waals surface area contributed by atoms with Crippen LogP contribution in [0.15, 0.2) is 52.8 Å². The van der Waals surface area contributed by atoms with Crippen molar-refractivity contribution >= 4 is 5.69 Å². The molecule has 0 aliphatic carbocycles. The van der Waals surface area contributed by atoms with Crippen LogP contribution in [0.25, 0.3) is 0 Å². The van der Waals surface area contributed by atoms with E-state index < -0.39 is 0 Å². The molecule has 0 saturated heterocycles. The van der Waals surface area contributed by atoms with Gasteiger partial charge in [-0.05, 0) is 37.1 Å². The van der Waals surface area contributed by atoms with E-state index in [9.17, 15) is 14.7 Å². The van der Waals surface area contributed by atoms with Crippen LogP contribution in [-0.2, 0) is 0 Å². The van der Waals surface area contributed by atoms with Crippen molar-refractivity contribution in [2.45, 2.75) is 13.8 Å². The van der Waals surface area contributed by atoms with Gasteiger partial charge in [0.25, 0.3) is 5.88 Å². The first kappa shape index (κ1) is 15.2. The SMILES string of the molecule is CC1=C(Nc2ccc(C)cc2F)C2=CNN(O)C(O)=C2N(C)C1. The lowest BCUT2D eigenvalue weighted by Gasteiger charge is -2.37. The first-order valence-corrected chi connectivity index (χ1v) is 7.22. The summed E-state index contributed by atoms with van der Waals surface area (Å²) < 4.78 is 14.1. The zero-order valence-corrected chi connectivity index (χ0v) is 13.2. The lowest BCUT2D eigenvalue weighted by atomic mass is 9.98. The standard InChI is InChI=1S/C16H19FN4O2/c1-9-4-5-13(12(17)6-9)19-14-10(2)8-20(3)15-11(14)7-18-21(23)16(15)22/h4-7,18-19,22-23H,8H2,1-3H3. The molecule has 6 nitrogen and oxygen atoms in total. The van der Waals surface area contributed by atoms with Crippen LogP contribution < -0.4 is 10.7 Å². The van der Waals surface area contributed by atoms with Crippen LogP contribution in [0.4, 0.5) is 10.1 Å². The molecule has 0 radical (unpaired) electrons. The molecule has 1 aromatic carbocycles. The molecular weight excluding hydrogens is 299 g/mol. The van der Waals surface area contributed by atoms with Crippen molar-refractivity contribution in [3.8, 4) is 0 Å². The number of hydrogen-bond acceptors (Lipinski definition) is 6. The summed E-state index contributed by atoms with van der Waals surface area (Å²) >= 11 is 0. The fraction of sp³-hybridized carbons (Fsp3) is 0.250. The molecular formula is C16H19FN4O2. The van der Waals surface area contributed by atoms with Crippen molar-refractivity contribution < 1.29 is 14.7 Å². The first-order valence-electron chi connectivity index (χ1n) is 7.22. The molecule has 2 heterocycles. The van der Waals surface area contributed by atoms with Crippen LogP contribution in [0.1, 0.15) is 12.5 Å². The number of hydroxylamine groups is 1. The van der Waals surface area contributed by atoms with Gasteiger partial charge in [0.1, 0.15) is 11.5 Å². The Hall–Kier alpha value is -2.67. The van der Waals surface area contributed by atoms with Gasteiger partial charge in [-0.2, -0.15) is 0 Å². The van der Waals surface area contributed by atoms with Gasteiger partial charge in [-0.3, -0.25) is 10.6 Å². The number of nitrogens with one attached hydrogen (secondary N) is 2. The summed E-state index contributed by atoms with van der Waals surface area (Å²) in [6.07, 6.45) is 1.56. The van der Waals surface area contributed by atoms with Crippen LogP contribution in [0.2, 0.25) is 0 Å². The van der Waals surface area contributed by atoms with Crippen molar-refractivity contribution in [2.24, 2.45) is 0 Å². The van der Waals surface area contributed by atoms with Crippen molar-refractivity contribution in [3.05, 3.63) is 64.2 Å². The Morgan fingerprint density at radius 3 is 2.74 bits per heavy atom. The molecule has 0 bridgehead atoms. The van der Waals surface area contributed by atoms with Gasteiger partial charge in [0.2, 0.25) is 0 Å². The van der Waals surface area contributed by atoms with Gasteiger partial charge in [-0.15, -0.1) is 5.17 Å². The molecule has 2 aliphatic rings. The molecule has 0 atom stereocenters. The topological polar surface area (TPSA) is 71.0 Å². The number of aliphatic hydroxyl groups is 1. The maximum Gasteiger partial charge on any atom is 0.257 e. The van der Waals surface area contributed by atoms with Crippen LogP contribution in [0.3, 0.4) is 0 Å². The maximum absolute atomic E-state index is 14.1. The highest BCUT2D eigenvalue weighted by atomic mass is 19.1. The molecule has 0 fully saturated rings. The van der Waals surface area contributed by atoms with Gasteiger partial charge in [-0.25, -0.2) is 4.39 Å². The summed E-state index contributed by atoms with van der Waals surface area (Å²) in [5, 5.41) is 23.3. The van der Waals surface area contributed by atoms with E-state index in [0.717, 1.165) is 11.1 Å². The third-order valence-corrected chi connectivity index (χ3v) is 3.94. The smallest absolute Gasteiger partial charge is 0.257 e. The van der Waals surface area contributed by atoms with E-state index in [1.165, 1.54) is 6.07 Å². The predicted molar refractivity (Wildman–Crippen MR) is 84.6 cm³/mol. The number of fused-ring (bicyclic) bond motifs is 1. The number of aliphatic hydroxyl groups excluding tert-OH is 1. The summed E-state index contributed by atoms with van der Waals surface area (Å²) in [5.74, 6) is -0.645. The Morgan fingerprint density at radius 2 is 2.04 bits per heavy atom. The van der Waals surface area contributed by atoms with Gasteiger partial charge in [0, 0.05) is 25.4 Å². The Bertz CT molecular complexity index is 754. The van der Waals surface area contributed by atoms with Crippen molar-refractivity contribution in [1.82, 2.24) is 15.5 Å². The summed E-state index contributed by atoms with van der Waals surface area (Å²) in [7, 11) is 1.81. The van der Waals surface area contributed by atoms with Gasteiger partial charge in [0.15, 0.2) is 0 Å². The number of rotatable bonds is 2. The molecule has 0 spiro atoms. The summed E-state index contributed by atoms with van der Waals surface area (Å²) in [5.41, 5.74) is 6.55. The highest BCUT2D eigenvalue weighted by Crippen LogP contribution is 2.34. The largest absolute Gasteiger partial charge is 0.491 e. The van der Waals surface area contributed by atoms with Gasteiger partial charge in [0.05, 0.1) is 11.4 Å².